The van der Waals surface area contributed by atoms with Crippen molar-refractivity contribution < 1.29 is 18.8 Å². The first-order valence-corrected chi connectivity index (χ1v) is 9.20. The summed E-state index contributed by atoms with van der Waals surface area (Å²) in [5, 5.41) is 2.90. The summed E-state index contributed by atoms with van der Waals surface area (Å²) in [4.78, 5) is 46.6. The number of halogens is 1. The van der Waals surface area contributed by atoms with Crippen LogP contribution in [0.1, 0.15) is 28.8 Å². The lowest BCUT2D eigenvalue weighted by molar-refractivity contribution is -0.136. The van der Waals surface area contributed by atoms with Crippen LogP contribution in [0.2, 0.25) is 0 Å². The molecular formula is C21H15FN4O3. The van der Waals surface area contributed by atoms with E-state index in [1.165, 1.54) is 17.0 Å². The number of carbonyl (C=O) groups is 3. The predicted molar refractivity (Wildman–Crippen MR) is 101 cm³/mol. The molecular weight excluding hydrogens is 375 g/mol. The maximum absolute atomic E-state index is 13.3. The van der Waals surface area contributed by atoms with E-state index in [4.69, 9.17) is 0 Å². The Morgan fingerprint density at radius 2 is 1.97 bits per heavy atom. The van der Waals surface area contributed by atoms with E-state index in [0.29, 0.717) is 28.7 Å². The highest BCUT2D eigenvalue weighted by Crippen LogP contribution is 2.30. The summed E-state index contributed by atoms with van der Waals surface area (Å²) in [5.41, 5.74) is 2.66. The monoisotopic (exact) mass is 390 g/mol. The first-order chi connectivity index (χ1) is 14.0. The van der Waals surface area contributed by atoms with Crippen LogP contribution in [-0.4, -0.2) is 38.6 Å². The number of aromatic nitrogens is 2. The van der Waals surface area contributed by atoms with Crippen LogP contribution in [0.5, 0.6) is 0 Å². The zero-order chi connectivity index (χ0) is 20.1. The van der Waals surface area contributed by atoms with Gasteiger partial charge in [0.15, 0.2) is 5.82 Å². The van der Waals surface area contributed by atoms with Gasteiger partial charge in [-0.05, 0) is 42.3 Å². The van der Waals surface area contributed by atoms with E-state index >= 15 is 0 Å². The molecule has 1 unspecified atom stereocenters. The van der Waals surface area contributed by atoms with Gasteiger partial charge in [-0.15, -0.1) is 0 Å². The number of hydrogen-bond acceptors (Lipinski definition) is 5. The van der Waals surface area contributed by atoms with Crippen LogP contribution in [-0.2, 0) is 16.1 Å². The third kappa shape index (κ3) is 2.93. The Bertz CT molecular complexity index is 1210. The quantitative estimate of drug-likeness (QED) is 0.678. The molecule has 1 saturated heterocycles. The number of nitrogens with zero attached hydrogens (tertiary/aromatic N) is 3. The fourth-order valence-electron chi connectivity index (χ4n) is 3.86. The van der Waals surface area contributed by atoms with Gasteiger partial charge >= 0.3 is 0 Å². The SMILES string of the molecule is O=C1CCC(N2Cc3cc(-c4ncc5cc(F)ccc5n4)ccc3C2=O)C(=O)N1. The summed E-state index contributed by atoms with van der Waals surface area (Å²) < 4.78 is 13.3. The van der Waals surface area contributed by atoms with Gasteiger partial charge in [0.05, 0.1) is 5.52 Å². The topological polar surface area (TPSA) is 92.3 Å². The minimum absolute atomic E-state index is 0.216. The maximum Gasteiger partial charge on any atom is 0.255 e. The molecule has 2 aromatic carbocycles. The third-order valence-corrected chi connectivity index (χ3v) is 5.32. The standard InChI is InChI=1S/C21H15FN4O3/c22-14-2-4-16-12(8-14)9-23-19(24-16)11-1-3-15-13(7-11)10-26(21(15)29)17-5-6-18(27)25-20(17)28/h1-4,7-9,17H,5-6,10H2,(H,25,27,28). The van der Waals surface area contributed by atoms with E-state index in [9.17, 15) is 18.8 Å². The molecule has 0 saturated carbocycles. The number of imide groups is 1. The number of hydrogen-bond donors (Lipinski definition) is 1. The van der Waals surface area contributed by atoms with Crippen molar-refractivity contribution in [1.29, 1.82) is 0 Å². The van der Waals surface area contributed by atoms with Crippen LogP contribution < -0.4 is 5.32 Å². The van der Waals surface area contributed by atoms with Gasteiger partial charge in [-0.3, -0.25) is 19.7 Å². The second-order valence-corrected chi connectivity index (χ2v) is 7.17. The van der Waals surface area contributed by atoms with E-state index in [1.54, 1.807) is 24.4 Å². The van der Waals surface area contributed by atoms with E-state index in [0.717, 1.165) is 11.1 Å². The van der Waals surface area contributed by atoms with Gasteiger partial charge in [0.2, 0.25) is 11.8 Å². The molecule has 1 aromatic heterocycles. The number of carbonyl (C=O) groups excluding carboxylic acids is 3. The van der Waals surface area contributed by atoms with Gasteiger partial charge in [0.25, 0.3) is 5.91 Å². The zero-order valence-electron chi connectivity index (χ0n) is 15.2. The Labute approximate surface area is 164 Å². The molecule has 0 radical (unpaired) electrons. The summed E-state index contributed by atoms with van der Waals surface area (Å²) in [7, 11) is 0. The van der Waals surface area contributed by atoms with Crippen molar-refractivity contribution in [3.63, 3.8) is 0 Å². The number of rotatable bonds is 2. The van der Waals surface area contributed by atoms with Crippen molar-refractivity contribution in [2.75, 3.05) is 0 Å². The molecule has 144 valence electrons. The Hall–Kier alpha value is -3.68. The van der Waals surface area contributed by atoms with Crippen molar-refractivity contribution in [3.8, 4) is 11.4 Å². The molecule has 8 heteroatoms. The molecule has 0 spiro atoms. The average molecular weight is 390 g/mol. The average Bonchev–Trinajstić information content (AvgIpc) is 3.03. The highest BCUT2D eigenvalue weighted by atomic mass is 19.1. The van der Waals surface area contributed by atoms with Crippen LogP contribution >= 0.6 is 0 Å². The molecule has 3 heterocycles. The van der Waals surface area contributed by atoms with Crippen LogP contribution in [0.15, 0.2) is 42.6 Å². The van der Waals surface area contributed by atoms with Crippen LogP contribution in [0.3, 0.4) is 0 Å². The fraction of sp³-hybridized carbons (Fsp3) is 0.190. The fourth-order valence-corrected chi connectivity index (χ4v) is 3.86. The zero-order valence-corrected chi connectivity index (χ0v) is 15.2. The maximum atomic E-state index is 13.3. The number of piperidine rings is 1. The molecule has 3 amide bonds. The third-order valence-electron chi connectivity index (χ3n) is 5.32. The van der Waals surface area contributed by atoms with Gasteiger partial charge in [0, 0.05) is 35.7 Å². The summed E-state index contributed by atoms with van der Waals surface area (Å²) >= 11 is 0. The van der Waals surface area contributed by atoms with Crippen molar-refractivity contribution >= 4 is 28.6 Å². The molecule has 0 aliphatic carbocycles. The number of benzene rings is 2. The molecule has 2 aliphatic rings. The minimum atomic E-state index is -0.650. The lowest BCUT2D eigenvalue weighted by atomic mass is 10.0. The van der Waals surface area contributed by atoms with Gasteiger partial charge in [-0.2, -0.15) is 0 Å². The highest BCUT2D eigenvalue weighted by molar-refractivity contribution is 6.05. The molecule has 1 fully saturated rings. The van der Waals surface area contributed by atoms with Gasteiger partial charge in [-0.1, -0.05) is 6.07 Å². The second kappa shape index (κ2) is 6.44. The molecule has 1 atom stereocenters. The Balaban J connectivity index is 1.46. The van der Waals surface area contributed by atoms with E-state index < -0.39 is 11.9 Å². The Morgan fingerprint density at radius 1 is 1.10 bits per heavy atom. The normalized spacial score (nSPS) is 18.9. The molecule has 1 N–H and O–H groups in total. The number of amides is 3. The van der Waals surface area contributed by atoms with Crippen LogP contribution in [0.4, 0.5) is 4.39 Å². The van der Waals surface area contributed by atoms with Crippen LogP contribution in [0, 0.1) is 5.82 Å². The Kier molecular flexibility index (Phi) is 3.87. The minimum Gasteiger partial charge on any atom is -0.322 e. The van der Waals surface area contributed by atoms with E-state index in [1.807, 2.05) is 6.07 Å². The predicted octanol–water partition coefficient (Wildman–Crippen LogP) is 2.20. The first kappa shape index (κ1) is 17.4. The second-order valence-electron chi connectivity index (χ2n) is 7.17. The lowest BCUT2D eigenvalue weighted by Crippen LogP contribution is -2.52. The lowest BCUT2D eigenvalue weighted by Gasteiger charge is -2.29. The highest BCUT2D eigenvalue weighted by Gasteiger charge is 2.39. The number of fused-ring (bicyclic) bond motifs is 2. The van der Waals surface area contributed by atoms with E-state index in [-0.39, 0.29) is 30.6 Å². The van der Waals surface area contributed by atoms with Crippen molar-refractivity contribution in [2.24, 2.45) is 0 Å². The molecule has 5 rings (SSSR count). The summed E-state index contributed by atoms with van der Waals surface area (Å²) in [6, 6.07) is 8.97. The Morgan fingerprint density at radius 3 is 2.79 bits per heavy atom. The van der Waals surface area contributed by atoms with Crippen molar-refractivity contribution in [1.82, 2.24) is 20.2 Å². The van der Waals surface area contributed by atoms with Crippen molar-refractivity contribution in [2.45, 2.75) is 25.4 Å². The molecule has 3 aromatic rings. The summed E-state index contributed by atoms with van der Waals surface area (Å²) in [6.07, 6.45) is 2.10. The van der Waals surface area contributed by atoms with E-state index in [2.05, 4.69) is 15.3 Å². The molecule has 2 aliphatic heterocycles. The largest absolute Gasteiger partial charge is 0.322 e. The summed E-state index contributed by atoms with van der Waals surface area (Å²) in [6.45, 7) is 0.285. The van der Waals surface area contributed by atoms with Gasteiger partial charge < -0.3 is 4.90 Å². The number of nitrogens with one attached hydrogen (secondary N) is 1. The summed E-state index contributed by atoms with van der Waals surface area (Å²) in [5.74, 6) is -0.855. The molecule has 29 heavy (non-hydrogen) atoms. The molecule has 0 bridgehead atoms. The van der Waals surface area contributed by atoms with Crippen molar-refractivity contribution in [3.05, 3.63) is 59.5 Å². The first-order valence-electron chi connectivity index (χ1n) is 9.20. The molecule has 7 nitrogen and oxygen atoms in total. The van der Waals surface area contributed by atoms with Gasteiger partial charge in [-0.25, -0.2) is 14.4 Å². The smallest absolute Gasteiger partial charge is 0.255 e. The van der Waals surface area contributed by atoms with Crippen LogP contribution in [0.25, 0.3) is 22.3 Å². The van der Waals surface area contributed by atoms with Gasteiger partial charge in [0.1, 0.15) is 11.9 Å².